The smallest absolute Gasteiger partial charge is 0.410 e. The Balaban J connectivity index is 2.27. The molecular formula is C9H15NO4. The van der Waals surface area contributed by atoms with E-state index in [0.29, 0.717) is 19.6 Å². The van der Waals surface area contributed by atoms with Crippen LogP contribution in [0.3, 0.4) is 0 Å². The van der Waals surface area contributed by atoms with Gasteiger partial charge in [-0.25, -0.2) is 9.59 Å². The van der Waals surface area contributed by atoms with Crippen molar-refractivity contribution in [2.24, 2.45) is 0 Å². The molecule has 1 amide bonds. The van der Waals surface area contributed by atoms with Crippen LogP contribution in [0.1, 0.15) is 26.2 Å². The van der Waals surface area contributed by atoms with Crippen molar-refractivity contribution in [3.63, 3.8) is 0 Å². The fraction of sp³-hybridized carbons (Fsp3) is 0.778. The van der Waals surface area contributed by atoms with E-state index in [1.54, 1.807) is 0 Å². The molecule has 0 aromatic heterocycles. The molecule has 80 valence electrons. The first kappa shape index (κ1) is 10.8. The Kier molecular flexibility index (Phi) is 3.73. The summed E-state index contributed by atoms with van der Waals surface area (Å²) in [5.74, 6) is -0.955. The lowest BCUT2D eigenvalue weighted by Gasteiger charge is -2.36. The predicted molar refractivity (Wildman–Crippen MR) is 49.0 cm³/mol. The van der Waals surface area contributed by atoms with Gasteiger partial charge in [0.05, 0.1) is 6.61 Å². The van der Waals surface area contributed by atoms with Gasteiger partial charge >= 0.3 is 12.1 Å². The van der Waals surface area contributed by atoms with Crippen LogP contribution in [0.5, 0.6) is 0 Å². The van der Waals surface area contributed by atoms with Crippen LogP contribution in [0.25, 0.3) is 0 Å². The van der Waals surface area contributed by atoms with Crippen molar-refractivity contribution in [3.05, 3.63) is 0 Å². The summed E-state index contributed by atoms with van der Waals surface area (Å²) < 4.78 is 4.89. The van der Waals surface area contributed by atoms with Gasteiger partial charge < -0.3 is 9.84 Å². The van der Waals surface area contributed by atoms with E-state index in [4.69, 9.17) is 9.84 Å². The summed E-state index contributed by atoms with van der Waals surface area (Å²) in [7, 11) is 0. The summed E-state index contributed by atoms with van der Waals surface area (Å²) in [6.07, 6.45) is 1.79. The fourth-order valence-electron chi connectivity index (χ4n) is 1.25. The number of rotatable bonds is 4. The van der Waals surface area contributed by atoms with Crippen LogP contribution in [0.15, 0.2) is 0 Å². The molecule has 0 spiro atoms. The van der Waals surface area contributed by atoms with E-state index >= 15 is 0 Å². The molecule has 0 aliphatic carbocycles. The molecule has 1 fully saturated rings. The highest BCUT2D eigenvalue weighted by atomic mass is 16.6. The van der Waals surface area contributed by atoms with E-state index in [2.05, 4.69) is 0 Å². The molecular weight excluding hydrogens is 186 g/mol. The van der Waals surface area contributed by atoms with Gasteiger partial charge in [-0.15, -0.1) is 0 Å². The standard InChI is InChI=1S/C9H15NO4/c1-2-3-6-14-9(13)10-5-4-7(10)8(11)12/h7H,2-6H2,1H3,(H,11,12). The van der Waals surface area contributed by atoms with E-state index in [9.17, 15) is 9.59 Å². The first-order valence-electron chi connectivity index (χ1n) is 4.83. The molecule has 0 radical (unpaired) electrons. The number of nitrogens with zero attached hydrogens (tertiary/aromatic N) is 1. The van der Waals surface area contributed by atoms with Crippen molar-refractivity contribution < 1.29 is 19.4 Å². The minimum Gasteiger partial charge on any atom is -0.480 e. The second-order valence-electron chi connectivity index (χ2n) is 3.30. The minimum atomic E-state index is -0.955. The third-order valence-electron chi connectivity index (χ3n) is 2.26. The van der Waals surface area contributed by atoms with E-state index in [-0.39, 0.29) is 0 Å². The summed E-state index contributed by atoms with van der Waals surface area (Å²) >= 11 is 0. The van der Waals surface area contributed by atoms with Gasteiger partial charge in [0, 0.05) is 6.54 Å². The van der Waals surface area contributed by atoms with E-state index < -0.39 is 18.1 Å². The molecule has 5 nitrogen and oxygen atoms in total. The molecule has 1 saturated heterocycles. The number of carboxylic acids is 1. The number of carboxylic acid groups (broad SMARTS) is 1. The van der Waals surface area contributed by atoms with E-state index in [0.717, 1.165) is 12.8 Å². The van der Waals surface area contributed by atoms with Crippen LogP contribution < -0.4 is 0 Å². The Hall–Kier alpha value is -1.26. The zero-order chi connectivity index (χ0) is 10.6. The first-order valence-corrected chi connectivity index (χ1v) is 4.83. The fourth-order valence-corrected chi connectivity index (χ4v) is 1.25. The molecule has 14 heavy (non-hydrogen) atoms. The number of likely N-dealkylation sites (tertiary alicyclic amines) is 1. The topological polar surface area (TPSA) is 66.8 Å². The monoisotopic (exact) mass is 201 g/mol. The molecule has 1 aliphatic heterocycles. The van der Waals surface area contributed by atoms with Gasteiger partial charge in [-0.05, 0) is 12.8 Å². The van der Waals surface area contributed by atoms with Crippen LogP contribution in [0.2, 0.25) is 0 Å². The molecule has 5 heteroatoms. The molecule has 0 aromatic rings. The Bertz CT molecular complexity index is 229. The minimum absolute atomic E-state index is 0.373. The van der Waals surface area contributed by atoms with Crippen LogP contribution in [0.4, 0.5) is 4.79 Å². The van der Waals surface area contributed by atoms with Crippen molar-refractivity contribution in [2.75, 3.05) is 13.2 Å². The van der Waals surface area contributed by atoms with Crippen LogP contribution in [0, 0.1) is 0 Å². The summed E-state index contributed by atoms with van der Waals surface area (Å²) in [5, 5.41) is 8.67. The molecule has 1 rings (SSSR count). The summed E-state index contributed by atoms with van der Waals surface area (Å²) in [5.41, 5.74) is 0. The average molecular weight is 201 g/mol. The van der Waals surface area contributed by atoms with E-state index in [1.807, 2.05) is 6.92 Å². The van der Waals surface area contributed by atoms with Gasteiger partial charge in [0.25, 0.3) is 0 Å². The molecule has 1 unspecified atom stereocenters. The van der Waals surface area contributed by atoms with Gasteiger partial charge in [0.2, 0.25) is 0 Å². The molecule has 0 saturated carbocycles. The Labute approximate surface area is 82.6 Å². The second kappa shape index (κ2) is 4.83. The quantitative estimate of drug-likeness (QED) is 0.691. The first-order chi connectivity index (χ1) is 6.66. The van der Waals surface area contributed by atoms with Gasteiger partial charge in [0.1, 0.15) is 6.04 Å². The third kappa shape index (κ3) is 2.37. The number of carbonyl (C=O) groups excluding carboxylic acids is 1. The average Bonchev–Trinajstić information content (AvgIpc) is 2.01. The van der Waals surface area contributed by atoms with Gasteiger partial charge in [-0.2, -0.15) is 0 Å². The lowest BCUT2D eigenvalue weighted by atomic mass is 10.1. The number of aliphatic carboxylic acids is 1. The van der Waals surface area contributed by atoms with Crippen LogP contribution in [-0.2, 0) is 9.53 Å². The van der Waals surface area contributed by atoms with Crippen LogP contribution >= 0.6 is 0 Å². The normalized spacial score (nSPS) is 20.1. The van der Waals surface area contributed by atoms with Crippen molar-refractivity contribution in [3.8, 4) is 0 Å². The highest BCUT2D eigenvalue weighted by Gasteiger charge is 2.38. The number of hydrogen-bond donors (Lipinski definition) is 1. The zero-order valence-electron chi connectivity index (χ0n) is 8.23. The van der Waals surface area contributed by atoms with Gasteiger partial charge in [0.15, 0.2) is 0 Å². The molecule has 1 aliphatic rings. The summed E-state index contributed by atoms with van der Waals surface area (Å²) in [4.78, 5) is 23.1. The maximum atomic E-state index is 11.3. The van der Waals surface area contributed by atoms with Crippen molar-refractivity contribution in [1.29, 1.82) is 0 Å². The number of unbranched alkanes of at least 4 members (excludes halogenated alkanes) is 1. The lowest BCUT2D eigenvalue weighted by Crippen LogP contribution is -2.55. The Morgan fingerprint density at radius 2 is 2.29 bits per heavy atom. The summed E-state index contributed by atoms with van der Waals surface area (Å²) in [6, 6.07) is -0.677. The van der Waals surface area contributed by atoms with Gasteiger partial charge in [-0.3, -0.25) is 4.90 Å². The lowest BCUT2D eigenvalue weighted by molar-refractivity contribution is -0.146. The molecule has 1 heterocycles. The number of ether oxygens (including phenoxy) is 1. The maximum absolute atomic E-state index is 11.3. The molecule has 0 aromatic carbocycles. The second-order valence-corrected chi connectivity index (χ2v) is 3.30. The molecule has 1 N–H and O–H groups in total. The summed E-state index contributed by atoms with van der Waals surface area (Å²) in [6.45, 7) is 2.86. The van der Waals surface area contributed by atoms with Gasteiger partial charge in [-0.1, -0.05) is 13.3 Å². The highest BCUT2D eigenvalue weighted by Crippen LogP contribution is 2.18. The number of hydrogen-bond acceptors (Lipinski definition) is 3. The molecule has 0 bridgehead atoms. The SMILES string of the molecule is CCCCOC(=O)N1CCC1C(=O)O. The Morgan fingerprint density at radius 1 is 1.57 bits per heavy atom. The van der Waals surface area contributed by atoms with Crippen molar-refractivity contribution in [1.82, 2.24) is 4.90 Å². The van der Waals surface area contributed by atoms with Crippen molar-refractivity contribution in [2.45, 2.75) is 32.2 Å². The van der Waals surface area contributed by atoms with Crippen LogP contribution in [-0.4, -0.2) is 41.3 Å². The predicted octanol–water partition coefficient (Wildman–Crippen LogP) is 1.08. The number of amides is 1. The number of carbonyl (C=O) groups is 2. The van der Waals surface area contributed by atoms with E-state index in [1.165, 1.54) is 4.90 Å². The maximum Gasteiger partial charge on any atom is 0.410 e. The zero-order valence-corrected chi connectivity index (χ0v) is 8.23. The van der Waals surface area contributed by atoms with Crippen molar-refractivity contribution >= 4 is 12.1 Å². The molecule has 1 atom stereocenters. The largest absolute Gasteiger partial charge is 0.480 e. The Morgan fingerprint density at radius 3 is 2.71 bits per heavy atom. The highest BCUT2D eigenvalue weighted by molar-refractivity contribution is 5.81. The third-order valence-corrected chi connectivity index (χ3v) is 2.26.